The van der Waals surface area contributed by atoms with Crippen LogP contribution in [0.1, 0.15) is 29.8 Å². The van der Waals surface area contributed by atoms with E-state index in [9.17, 15) is 0 Å². The molecule has 0 spiro atoms. The van der Waals surface area contributed by atoms with Crippen LogP contribution >= 0.6 is 23.1 Å². The summed E-state index contributed by atoms with van der Waals surface area (Å²) in [5.41, 5.74) is 1.39. The number of nitrogens with one attached hydrogen (secondary N) is 1. The minimum absolute atomic E-state index is 0.425. The van der Waals surface area contributed by atoms with Crippen molar-refractivity contribution in [3.63, 3.8) is 0 Å². The molecule has 1 aromatic carbocycles. The molecular formula is C16H21NS2. The van der Waals surface area contributed by atoms with Crippen molar-refractivity contribution in [3.05, 3.63) is 52.2 Å². The second-order valence-electron chi connectivity index (χ2n) is 4.56. The Bertz CT molecular complexity index is 462. The zero-order chi connectivity index (χ0) is 13.5. The molecule has 2 rings (SSSR count). The molecule has 2 aromatic rings. The Hall–Kier alpha value is -0.770. The van der Waals surface area contributed by atoms with Gasteiger partial charge in [0.15, 0.2) is 0 Å². The normalized spacial score (nSPS) is 12.5. The van der Waals surface area contributed by atoms with Crippen molar-refractivity contribution in [1.29, 1.82) is 0 Å². The molecule has 0 radical (unpaired) electrons. The summed E-state index contributed by atoms with van der Waals surface area (Å²) in [6.45, 7) is 3.28. The number of hydrogen-bond donors (Lipinski definition) is 1. The number of thiophene rings is 1. The summed E-state index contributed by atoms with van der Waals surface area (Å²) in [5.74, 6) is 0. The lowest BCUT2D eigenvalue weighted by Crippen LogP contribution is -2.23. The maximum absolute atomic E-state index is 3.66. The van der Waals surface area contributed by atoms with Gasteiger partial charge >= 0.3 is 0 Å². The summed E-state index contributed by atoms with van der Waals surface area (Å²) in [6.07, 6.45) is 4.37. The molecule has 0 bridgehead atoms. The number of thioether (sulfide) groups is 1. The van der Waals surface area contributed by atoms with E-state index in [1.54, 1.807) is 11.8 Å². The SMILES string of the molecule is CCCNC(Cc1cccs1)c1ccc(SC)cc1. The Morgan fingerprint density at radius 1 is 1.21 bits per heavy atom. The molecule has 3 heteroatoms. The predicted octanol–water partition coefficient (Wildman–Crippen LogP) is 4.75. The average Bonchev–Trinajstić information content (AvgIpc) is 2.96. The van der Waals surface area contributed by atoms with E-state index in [4.69, 9.17) is 0 Å². The van der Waals surface area contributed by atoms with Crippen molar-refractivity contribution in [2.75, 3.05) is 12.8 Å². The van der Waals surface area contributed by atoms with E-state index in [-0.39, 0.29) is 0 Å². The average molecular weight is 291 g/mol. The Kier molecular flexibility index (Phi) is 5.95. The van der Waals surface area contributed by atoms with Gasteiger partial charge in [-0.05, 0) is 48.4 Å². The van der Waals surface area contributed by atoms with Gasteiger partial charge in [-0.2, -0.15) is 0 Å². The number of rotatable bonds is 7. The molecule has 1 atom stereocenters. The van der Waals surface area contributed by atoms with Crippen LogP contribution in [0, 0.1) is 0 Å². The summed E-state index contributed by atoms with van der Waals surface area (Å²) in [7, 11) is 0. The van der Waals surface area contributed by atoms with Crippen LogP contribution < -0.4 is 5.32 Å². The molecule has 0 aliphatic rings. The third kappa shape index (κ3) is 4.37. The van der Waals surface area contributed by atoms with E-state index in [0.717, 1.165) is 13.0 Å². The summed E-state index contributed by atoms with van der Waals surface area (Å²) in [4.78, 5) is 2.77. The van der Waals surface area contributed by atoms with Gasteiger partial charge in [-0.15, -0.1) is 23.1 Å². The highest BCUT2D eigenvalue weighted by Crippen LogP contribution is 2.23. The molecule has 1 nitrogen and oxygen atoms in total. The summed E-state index contributed by atoms with van der Waals surface area (Å²) < 4.78 is 0. The van der Waals surface area contributed by atoms with Crippen LogP contribution in [0.5, 0.6) is 0 Å². The summed E-state index contributed by atoms with van der Waals surface area (Å²) >= 11 is 3.64. The van der Waals surface area contributed by atoms with Crippen LogP contribution in [-0.4, -0.2) is 12.8 Å². The van der Waals surface area contributed by atoms with Gasteiger partial charge < -0.3 is 5.32 Å². The van der Waals surface area contributed by atoms with Gasteiger partial charge in [0.2, 0.25) is 0 Å². The summed E-state index contributed by atoms with van der Waals surface area (Å²) in [6, 6.07) is 13.7. The fourth-order valence-electron chi connectivity index (χ4n) is 2.09. The van der Waals surface area contributed by atoms with Crippen molar-refractivity contribution < 1.29 is 0 Å². The highest BCUT2D eigenvalue weighted by atomic mass is 32.2. The van der Waals surface area contributed by atoms with Crippen LogP contribution in [0.15, 0.2) is 46.7 Å². The second-order valence-corrected chi connectivity index (χ2v) is 6.48. The van der Waals surface area contributed by atoms with Crippen LogP contribution in [-0.2, 0) is 6.42 Å². The molecule has 0 aliphatic heterocycles. The molecule has 1 heterocycles. The molecule has 0 aliphatic carbocycles. The van der Waals surface area contributed by atoms with Gasteiger partial charge in [0.1, 0.15) is 0 Å². The molecule has 0 saturated carbocycles. The van der Waals surface area contributed by atoms with Gasteiger partial charge in [-0.1, -0.05) is 25.1 Å². The predicted molar refractivity (Wildman–Crippen MR) is 87.3 cm³/mol. The molecule has 1 unspecified atom stereocenters. The molecule has 19 heavy (non-hydrogen) atoms. The molecule has 0 fully saturated rings. The molecule has 0 amide bonds. The number of benzene rings is 1. The third-order valence-corrected chi connectivity index (χ3v) is 4.79. The van der Waals surface area contributed by atoms with E-state index in [1.165, 1.54) is 21.8 Å². The van der Waals surface area contributed by atoms with E-state index < -0.39 is 0 Å². The third-order valence-electron chi connectivity index (χ3n) is 3.14. The highest BCUT2D eigenvalue weighted by Gasteiger charge is 2.12. The standard InChI is InChI=1S/C16H21NS2/c1-3-10-17-16(12-15-5-4-11-19-15)13-6-8-14(18-2)9-7-13/h4-9,11,16-17H,3,10,12H2,1-2H3. The van der Waals surface area contributed by atoms with Crippen LogP contribution in [0.4, 0.5) is 0 Å². The van der Waals surface area contributed by atoms with E-state index in [2.05, 4.69) is 60.3 Å². The Labute approximate surface area is 124 Å². The van der Waals surface area contributed by atoms with E-state index in [1.807, 2.05) is 11.3 Å². The maximum atomic E-state index is 3.66. The Morgan fingerprint density at radius 3 is 2.58 bits per heavy atom. The van der Waals surface area contributed by atoms with Gasteiger partial charge in [0.05, 0.1) is 0 Å². The zero-order valence-electron chi connectivity index (χ0n) is 11.6. The lowest BCUT2D eigenvalue weighted by Gasteiger charge is -2.18. The first kappa shape index (κ1) is 14.6. The number of hydrogen-bond acceptors (Lipinski definition) is 3. The molecule has 0 saturated heterocycles. The van der Waals surface area contributed by atoms with Crippen LogP contribution in [0.2, 0.25) is 0 Å². The lowest BCUT2D eigenvalue weighted by atomic mass is 10.0. The fourth-order valence-corrected chi connectivity index (χ4v) is 3.25. The van der Waals surface area contributed by atoms with Crippen LogP contribution in [0.3, 0.4) is 0 Å². The smallest absolute Gasteiger partial charge is 0.0368 e. The molecule has 102 valence electrons. The van der Waals surface area contributed by atoms with Crippen molar-refractivity contribution in [3.8, 4) is 0 Å². The van der Waals surface area contributed by atoms with Gasteiger partial charge in [-0.3, -0.25) is 0 Å². The molecular weight excluding hydrogens is 270 g/mol. The fraction of sp³-hybridized carbons (Fsp3) is 0.375. The monoisotopic (exact) mass is 291 g/mol. The Balaban J connectivity index is 2.10. The highest BCUT2D eigenvalue weighted by molar-refractivity contribution is 7.98. The van der Waals surface area contributed by atoms with Gasteiger partial charge in [0, 0.05) is 22.2 Å². The van der Waals surface area contributed by atoms with E-state index >= 15 is 0 Å². The van der Waals surface area contributed by atoms with Crippen LogP contribution in [0.25, 0.3) is 0 Å². The maximum Gasteiger partial charge on any atom is 0.0368 e. The molecule has 1 aromatic heterocycles. The van der Waals surface area contributed by atoms with Crippen molar-refractivity contribution >= 4 is 23.1 Å². The van der Waals surface area contributed by atoms with Crippen molar-refractivity contribution in [2.45, 2.75) is 30.7 Å². The largest absolute Gasteiger partial charge is 0.310 e. The first-order chi connectivity index (χ1) is 9.33. The summed E-state index contributed by atoms with van der Waals surface area (Å²) in [5, 5.41) is 5.82. The first-order valence-electron chi connectivity index (χ1n) is 6.73. The quantitative estimate of drug-likeness (QED) is 0.739. The first-order valence-corrected chi connectivity index (χ1v) is 8.83. The van der Waals surface area contributed by atoms with Gasteiger partial charge in [0.25, 0.3) is 0 Å². The minimum Gasteiger partial charge on any atom is -0.310 e. The lowest BCUT2D eigenvalue weighted by molar-refractivity contribution is 0.532. The van der Waals surface area contributed by atoms with Crippen molar-refractivity contribution in [2.24, 2.45) is 0 Å². The van der Waals surface area contributed by atoms with Crippen molar-refractivity contribution in [1.82, 2.24) is 5.32 Å². The Morgan fingerprint density at radius 2 is 2.00 bits per heavy atom. The minimum atomic E-state index is 0.425. The van der Waals surface area contributed by atoms with Gasteiger partial charge in [-0.25, -0.2) is 0 Å². The zero-order valence-corrected chi connectivity index (χ0v) is 13.2. The second kappa shape index (κ2) is 7.73. The van der Waals surface area contributed by atoms with E-state index in [0.29, 0.717) is 6.04 Å². The molecule has 1 N–H and O–H groups in total. The topological polar surface area (TPSA) is 12.0 Å².